The zero-order valence-electron chi connectivity index (χ0n) is 10.9. The van der Waals surface area contributed by atoms with Crippen molar-refractivity contribution in [1.82, 2.24) is 4.90 Å². The molecule has 0 amide bonds. The fraction of sp³-hybridized carbons (Fsp3) is 0.500. The van der Waals surface area contributed by atoms with E-state index in [1.807, 2.05) is 12.1 Å². The van der Waals surface area contributed by atoms with E-state index in [1.165, 1.54) is 5.69 Å². The summed E-state index contributed by atoms with van der Waals surface area (Å²) >= 11 is 3.48. The molecule has 98 valence electrons. The molecule has 1 heterocycles. The van der Waals surface area contributed by atoms with Gasteiger partial charge in [-0.15, -0.1) is 0 Å². The van der Waals surface area contributed by atoms with Gasteiger partial charge in [0.05, 0.1) is 0 Å². The molecule has 1 aliphatic heterocycles. The van der Waals surface area contributed by atoms with Gasteiger partial charge in [-0.1, -0.05) is 6.92 Å². The highest BCUT2D eigenvalue weighted by Crippen LogP contribution is 2.25. The second-order valence-corrected chi connectivity index (χ2v) is 5.50. The predicted octanol–water partition coefficient (Wildman–Crippen LogP) is 2.79. The maximum atomic E-state index is 11.4. The summed E-state index contributed by atoms with van der Waals surface area (Å²) in [6, 6.07) is 6.01. The van der Waals surface area contributed by atoms with E-state index in [2.05, 4.69) is 38.7 Å². The minimum atomic E-state index is 0.101. The molecule has 1 aliphatic rings. The van der Waals surface area contributed by atoms with Gasteiger partial charge < -0.3 is 9.80 Å². The Morgan fingerprint density at radius 2 is 1.94 bits per heavy atom. The molecule has 18 heavy (non-hydrogen) atoms. The number of anilines is 1. The number of Topliss-reactive ketones (excluding diaryl/α,β-unsaturated/α-hetero) is 1. The Morgan fingerprint density at radius 3 is 2.44 bits per heavy atom. The normalized spacial score (nSPS) is 16.9. The van der Waals surface area contributed by atoms with Gasteiger partial charge in [-0.05, 0) is 47.6 Å². The maximum absolute atomic E-state index is 11.4. The smallest absolute Gasteiger partial charge is 0.160 e. The number of rotatable bonds is 3. The van der Waals surface area contributed by atoms with Crippen molar-refractivity contribution >= 4 is 27.4 Å². The number of carbonyl (C=O) groups is 1. The van der Waals surface area contributed by atoms with Gasteiger partial charge in [0.25, 0.3) is 0 Å². The highest BCUT2D eigenvalue weighted by molar-refractivity contribution is 9.10. The van der Waals surface area contributed by atoms with Gasteiger partial charge in [0.2, 0.25) is 0 Å². The van der Waals surface area contributed by atoms with E-state index in [0.29, 0.717) is 0 Å². The molecular weight excluding hydrogens is 292 g/mol. The largest absolute Gasteiger partial charge is 0.369 e. The SMILES string of the molecule is CCN1CCN(c2ccc(C(C)=O)c(Br)c2)CC1. The number of nitrogens with zero attached hydrogens (tertiary/aromatic N) is 2. The molecule has 1 fully saturated rings. The summed E-state index contributed by atoms with van der Waals surface area (Å²) in [5.41, 5.74) is 1.95. The third-order valence-corrected chi connectivity index (χ3v) is 4.17. The number of carbonyl (C=O) groups excluding carboxylic acids is 1. The van der Waals surface area contributed by atoms with Crippen molar-refractivity contribution in [3.05, 3.63) is 28.2 Å². The third kappa shape index (κ3) is 2.93. The molecule has 0 atom stereocenters. The van der Waals surface area contributed by atoms with Crippen LogP contribution < -0.4 is 4.90 Å². The number of ketones is 1. The Balaban J connectivity index is 2.11. The van der Waals surface area contributed by atoms with Crippen LogP contribution in [0.5, 0.6) is 0 Å². The van der Waals surface area contributed by atoms with Gasteiger partial charge in [0.1, 0.15) is 0 Å². The zero-order valence-corrected chi connectivity index (χ0v) is 12.5. The first-order chi connectivity index (χ1) is 8.61. The molecule has 1 aromatic rings. The first-order valence-electron chi connectivity index (χ1n) is 6.39. The number of likely N-dealkylation sites (N-methyl/N-ethyl adjacent to an activating group) is 1. The van der Waals surface area contributed by atoms with Crippen molar-refractivity contribution in [1.29, 1.82) is 0 Å². The van der Waals surface area contributed by atoms with Crippen LogP contribution in [0, 0.1) is 0 Å². The zero-order chi connectivity index (χ0) is 13.1. The van der Waals surface area contributed by atoms with Crippen molar-refractivity contribution < 1.29 is 4.79 Å². The van der Waals surface area contributed by atoms with Crippen LogP contribution in [0.25, 0.3) is 0 Å². The Bertz CT molecular complexity index is 439. The highest BCUT2D eigenvalue weighted by atomic mass is 79.9. The van der Waals surface area contributed by atoms with Crippen molar-refractivity contribution in [2.45, 2.75) is 13.8 Å². The first kappa shape index (κ1) is 13.6. The lowest BCUT2D eigenvalue weighted by atomic mass is 10.1. The Labute approximate surface area is 117 Å². The number of hydrogen-bond donors (Lipinski definition) is 0. The molecule has 2 rings (SSSR count). The predicted molar refractivity (Wildman–Crippen MR) is 78.5 cm³/mol. The minimum Gasteiger partial charge on any atom is -0.369 e. The van der Waals surface area contributed by atoms with E-state index >= 15 is 0 Å². The lowest BCUT2D eigenvalue weighted by molar-refractivity contribution is 0.101. The molecule has 0 unspecified atom stereocenters. The molecule has 0 aromatic heterocycles. The summed E-state index contributed by atoms with van der Waals surface area (Å²) in [5.74, 6) is 0.101. The van der Waals surface area contributed by atoms with Crippen LogP contribution in [0.2, 0.25) is 0 Å². The molecule has 0 radical (unpaired) electrons. The second kappa shape index (κ2) is 5.85. The molecule has 1 saturated heterocycles. The van der Waals surface area contributed by atoms with Crippen LogP contribution >= 0.6 is 15.9 Å². The monoisotopic (exact) mass is 310 g/mol. The Morgan fingerprint density at radius 1 is 1.28 bits per heavy atom. The molecule has 0 N–H and O–H groups in total. The van der Waals surface area contributed by atoms with Crippen LogP contribution in [0.1, 0.15) is 24.2 Å². The number of halogens is 1. The van der Waals surface area contributed by atoms with Crippen molar-refractivity contribution in [2.24, 2.45) is 0 Å². The average Bonchev–Trinajstić information content (AvgIpc) is 2.38. The molecule has 4 heteroatoms. The van der Waals surface area contributed by atoms with Crippen LogP contribution in [-0.4, -0.2) is 43.4 Å². The highest BCUT2D eigenvalue weighted by Gasteiger charge is 2.16. The molecular formula is C14H19BrN2O. The van der Waals surface area contributed by atoms with Gasteiger partial charge in [-0.25, -0.2) is 0 Å². The fourth-order valence-electron chi connectivity index (χ4n) is 2.31. The molecule has 0 bridgehead atoms. The molecule has 0 spiro atoms. The van der Waals surface area contributed by atoms with E-state index in [0.717, 1.165) is 42.8 Å². The van der Waals surface area contributed by atoms with E-state index in [-0.39, 0.29) is 5.78 Å². The molecule has 1 aromatic carbocycles. The molecule has 0 saturated carbocycles. The maximum Gasteiger partial charge on any atom is 0.160 e. The molecule has 0 aliphatic carbocycles. The topological polar surface area (TPSA) is 23.6 Å². The van der Waals surface area contributed by atoms with Crippen molar-refractivity contribution in [2.75, 3.05) is 37.6 Å². The van der Waals surface area contributed by atoms with Crippen LogP contribution in [0.15, 0.2) is 22.7 Å². The summed E-state index contributed by atoms with van der Waals surface area (Å²) in [5, 5.41) is 0. The van der Waals surface area contributed by atoms with E-state index in [4.69, 9.17) is 0 Å². The second-order valence-electron chi connectivity index (χ2n) is 4.64. The van der Waals surface area contributed by atoms with Gasteiger partial charge in [-0.2, -0.15) is 0 Å². The number of benzene rings is 1. The lowest BCUT2D eigenvalue weighted by Gasteiger charge is -2.35. The van der Waals surface area contributed by atoms with Gasteiger partial charge in [0.15, 0.2) is 5.78 Å². The van der Waals surface area contributed by atoms with Gasteiger partial charge >= 0.3 is 0 Å². The summed E-state index contributed by atoms with van der Waals surface area (Å²) in [6.07, 6.45) is 0. The van der Waals surface area contributed by atoms with E-state index in [1.54, 1.807) is 6.92 Å². The van der Waals surface area contributed by atoms with Crippen LogP contribution in [0.4, 0.5) is 5.69 Å². The molecule has 3 nitrogen and oxygen atoms in total. The Hall–Kier alpha value is -0.870. The van der Waals surface area contributed by atoms with E-state index in [9.17, 15) is 4.79 Å². The summed E-state index contributed by atoms with van der Waals surface area (Å²) < 4.78 is 0.894. The lowest BCUT2D eigenvalue weighted by Crippen LogP contribution is -2.46. The third-order valence-electron chi connectivity index (χ3n) is 3.52. The summed E-state index contributed by atoms with van der Waals surface area (Å²) in [4.78, 5) is 16.2. The average molecular weight is 311 g/mol. The van der Waals surface area contributed by atoms with Crippen molar-refractivity contribution in [3.63, 3.8) is 0 Å². The number of piperazine rings is 1. The number of hydrogen-bond acceptors (Lipinski definition) is 3. The van der Waals surface area contributed by atoms with Crippen LogP contribution in [0.3, 0.4) is 0 Å². The van der Waals surface area contributed by atoms with Gasteiger partial charge in [0, 0.05) is 41.9 Å². The standard InChI is InChI=1S/C14H19BrN2O/c1-3-16-6-8-17(9-7-16)12-4-5-13(11(2)18)14(15)10-12/h4-5,10H,3,6-9H2,1-2H3. The Kier molecular flexibility index (Phi) is 4.40. The fourth-order valence-corrected chi connectivity index (χ4v) is 2.95. The summed E-state index contributed by atoms with van der Waals surface area (Å²) in [6.45, 7) is 9.26. The van der Waals surface area contributed by atoms with Crippen molar-refractivity contribution in [3.8, 4) is 0 Å². The summed E-state index contributed by atoms with van der Waals surface area (Å²) in [7, 11) is 0. The van der Waals surface area contributed by atoms with E-state index < -0.39 is 0 Å². The minimum absolute atomic E-state index is 0.101. The van der Waals surface area contributed by atoms with Gasteiger partial charge in [-0.3, -0.25) is 4.79 Å². The quantitative estimate of drug-likeness (QED) is 0.802. The van der Waals surface area contributed by atoms with Crippen LogP contribution in [-0.2, 0) is 0 Å². The first-order valence-corrected chi connectivity index (χ1v) is 7.19.